The maximum absolute atomic E-state index is 12.4. The van der Waals surface area contributed by atoms with Crippen LogP contribution in [0.25, 0.3) is 11.3 Å². The number of ether oxygens (including phenoxy) is 1. The van der Waals surface area contributed by atoms with Crippen LogP contribution in [0.15, 0.2) is 18.2 Å². The number of aromatic nitrogens is 1. The van der Waals surface area contributed by atoms with Crippen molar-refractivity contribution in [1.29, 1.82) is 0 Å². The minimum atomic E-state index is -0.431. The van der Waals surface area contributed by atoms with Crippen molar-refractivity contribution in [3.63, 3.8) is 0 Å². The second-order valence-electron chi connectivity index (χ2n) is 5.82. The number of fused-ring (bicyclic) bond motifs is 1. The molecule has 1 amide bonds. The number of anilines is 2. The molecule has 1 aromatic heterocycles. The third-order valence-electron chi connectivity index (χ3n) is 3.84. The highest BCUT2D eigenvalue weighted by molar-refractivity contribution is 7.15. The minimum Gasteiger partial charge on any atom is -0.478 e. The molecule has 116 valence electrons. The van der Waals surface area contributed by atoms with Gasteiger partial charge in [-0.1, -0.05) is 13.8 Å². The van der Waals surface area contributed by atoms with Crippen LogP contribution in [-0.4, -0.2) is 24.0 Å². The molecule has 0 aliphatic carbocycles. The molecular formula is C16H19N3O2S. The van der Waals surface area contributed by atoms with Crippen LogP contribution in [0.5, 0.6) is 5.75 Å². The van der Waals surface area contributed by atoms with E-state index in [1.807, 2.05) is 39.0 Å². The molecule has 0 fully saturated rings. The number of rotatable bonds is 2. The number of hydrogen-bond donors (Lipinski definition) is 1. The van der Waals surface area contributed by atoms with Gasteiger partial charge in [0.05, 0.1) is 11.4 Å². The van der Waals surface area contributed by atoms with Crippen LogP contribution in [0.3, 0.4) is 0 Å². The Kier molecular flexibility index (Phi) is 3.56. The van der Waals surface area contributed by atoms with Crippen LogP contribution in [0.2, 0.25) is 0 Å². The van der Waals surface area contributed by atoms with Crippen molar-refractivity contribution in [1.82, 2.24) is 4.98 Å². The number of amides is 1. The molecule has 6 heteroatoms. The summed E-state index contributed by atoms with van der Waals surface area (Å²) in [6.07, 6.45) is -0.431. The van der Waals surface area contributed by atoms with Gasteiger partial charge in [0.15, 0.2) is 11.2 Å². The third-order valence-corrected chi connectivity index (χ3v) is 4.64. The zero-order valence-electron chi connectivity index (χ0n) is 13.1. The van der Waals surface area contributed by atoms with E-state index in [1.165, 1.54) is 11.3 Å². The number of aryl methyl sites for hydroxylation is 1. The predicted molar refractivity (Wildman–Crippen MR) is 89.4 cm³/mol. The SMILES string of the molecule is Cc1sc(N)nc1-c1ccc2c(c1)N(C)C(=O)C(C(C)C)O2. The number of nitrogens with two attached hydrogens (primary N) is 1. The lowest BCUT2D eigenvalue weighted by Gasteiger charge is -2.34. The lowest BCUT2D eigenvalue weighted by molar-refractivity contribution is -0.127. The number of nitrogen functional groups attached to an aromatic ring is 1. The van der Waals surface area contributed by atoms with E-state index in [9.17, 15) is 4.79 Å². The smallest absolute Gasteiger partial charge is 0.268 e. The Balaban J connectivity index is 2.05. The molecule has 3 rings (SSSR count). The molecule has 2 heterocycles. The minimum absolute atomic E-state index is 0.0193. The quantitative estimate of drug-likeness (QED) is 0.924. The number of likely N-dealkylation sites (N-methyl/N-ethyl adjacent to an activating group) is 1. The van der Waals surface area contributed by atoms with Gasteiger partial charge in [-0.25, -0.2) is 4.98 Å². The lowest BCUT2D eigenvalue weighted by atomic mass is 10.0. The molecule has 1 atom stereocenters. The maximum Gasteiger partial charge on any atom is 0.268 e. The standard InChI is InChI=1S/C16H19N3O2S/c1-8(2)14-15(20)19(4)11-7-10(5-6-12(11)21-14)13-9(3)22-16(17)18-13/h5-8,14H,1-4H3,(H2,17,18). The van der Waals surface area contributed by atoms with Crippen LogP contribution in [0.1, 0.15) is 18.7 Å². The van der Waals surface area contributed by atoms with E-state index in [0.29, 0.717) is 5.13 Å². The van der Waals surface area contributed by atoms with Crippen molar-refractivity contribution in [3.05, 3.63) is 23.1 Å². The third kappa shape index (κ3) is 2.33. The molecule has 2 aromatic rings. The fourth-order valence-corrected chi connectivity index (χ4v) is 3.34. The van der Waals surface area contributed by atoms with Crippen LogP contribution in [-0.2, 0) is 4.79 Å². The number of carbonyl (C=O) groups is 1. The van der Waals surface area contributed by atoms with Crippen molar-refractivity contribution in [2.45, 2.75) is 26.9 Å². The molecule has 0 saturated carbocycles. The van der Waals surface area contributed by atoms with E-state index in [2.05, 4.69) is 4.98 Å². The summed E-state index contributed by atoms with van der Waals surface area (Å²) in [5.41, 5.74) is 8.34. The maximum atomic E-state index is 12.4. The van der Waals surface area contributed by atoms with Gasteiger partial charge in [-0.05, 0) is 31.0 Å². The molecule has 0 radical (unpaired) electrons. The van der Waals surface area contributed by atoms with Crippen molar-refractivity contribution >= 4 is 28.1 Å². The lowest BCUT2D eigenvalue weighted by Crippen LogP contribution is -2.46. The summed E-state index contributed by atoms with van der Waals surface area (Å²) < 4.78 is 5.87. The number of nitrogens with zero attached hydrogens (tertiary/aromatic N) is 2. The van der Waals surface area contributed by atoms with E-state index >= 15 is 0 Å². The molecular weight excluding hydrogens is 298 g/mol. The summed E-state index contributed by atoms with van der Waals surface area (Å²) in [6.45, 7) is 5.96. The van der Waals surface area contributed by atoms with Gasteiger partial charge in [-0.3, -0.25) is 4.79 Å². The molecule has 22 heavy (non-hydrogen) atoms. The summed E-state index contributed by atoms with van der Waals surface area (Å²) in [5, 5.41) is 0.547. The van der Waals surface area contributed by atoms with E-state index in [0.717, 1.165) is 27.6 Å². The molecule has 2 N–H and O–H groups in total. The Bertz CT molecular complexity index is 739. The largest absolute Gasteiger partial charge is 0.478 e. The van der Waals surface area contributed by atoms with Crippen LogP contribution < -0.4 is 15.4 Å². The molecule has 1 unspecified atom stereocenters. The van der Waals surface area contributed by atoms with Crippen molar-refractivity contribution in [3.8, 4) is 17.0 Å². The van der Waals surface area contributed by atoms with E-state index < -0.39 is 6.10 Å². The molecule has 1 aromatic carbocycles. The summed E-state index contributed by atoms with van der Waals surface area (Å²) >= 11 is 1.46. The first kappa shape index (κ1) is 14.8. The fraction of sp³-hybridized carbons (Fsp3) is 0.375. The van der Waals surface area contributed by atoms with Gasteiger partial charge in [0.2, 0.25) is 0 Å². The molecule has 0 saturated heterocycles. The zero-order valence-corrected chi connectivity index (χ0v) is 13.9. The summed E-state index contributed by atoms with van der Waals surface area (Å²) in [4.78, 5) is 19.5. The average Bonchev–Trinajstić information content (AvgIpc) is 2.81. The van der Waals surface area contributed by atoms with Crippen LogP contribution in [0, 0.1) is 12.8 Å². The fourth-order valence-electron chi connectivity index (χ4n) is 2.63. The van der Waals surface area contributed by atoms with Crippen LogP contribution >= 0.6 is 11.3 Å². The number of carbonyl (C=O) groups excluding carboxylic acids is 1. The van der Waals surface area contributed by atoms with E-state index in [-0.39, 0.29) is 11.8 Å². The normalized spacial score (nSPS) is 17.6. The zero-order chi connectivity index (χ0) is 16.0. The monoisotopic (exact) mass is 317 g/mol. The molecule has 0 bridgehead atoms. The van der Waals surface area contributed by atoms with Gasteiger partial charge in [-0.2, -0.15) is 0 Å². The van der Waals surface area contributed by atoms with E-state index in [4.69, 9.17) is 10.5 Å². The number of benzene rings is 1. The van der Waals surface area contributed by atoms with Crippen molar-refractivity contribution in [2.75, 3.05) is 17.7 Å². The van der Waals surface area contributed by atoms with E-state index in [1.54, 1.807) is 11.9 Å². The van der Waals surface area contributed by atoms with Gasteiger partial charge in [0, 0.05) is 17.5 Å². The Morgan fingerprint density at radius 3 is 2.73 bits per heavy atom. The Morgan fingerprint density at radius 1 is 1.41 bits per heavy atom. The first-order chi connectivity index (χ1) is 10.4. The highest BCUT2D eigenvalue weighted by Crippen LogP contribution is 2.39. The molecule has 1 aliphatic heterocycles. The number of hydrogen-bond acceptors (Lipinski definition) is 5. The van der Waals surface area contributed by atoms with Gasteiger partial charge < -0.3 is 15.4 Å². The van der Waals surface area contributed by atoms with Crippen molar-refractivity contribution in [2.24, 2.45) is 5.92 Å². The topological polar surface area (TPSA) is 68.5 Å². The first-order valence-electron chi connectivity index (χ1n) is 7.20. The van der Waals surface area contributed by atoms with Crippen LogP contribution in [0.4, 0.5) is 10.8 Å². The second-order valence-corrected chi connectivity index (χ2v) is 7.05. The summed E-state index contributed by atoms with van der Waals surface area (Å²) in [5.74, 6) is 0.836. The van der Waals surface area contributed by atoms with Gasteiger partial charge >= 0.3 is 0 Å². The van der Waals surface area contributed by atoms with Gasteiger partial charge in [-0.15, -0.1) is 11.3 Å². The Morgan fingerprint density at radius 2 is 2.14 bits per heavy atom. The molecule has 1 aliphatic rings. The second kappa shape index (κ2) is 5.28. The summed E-state index contributed by atoms with van der Waals surface area (Å²) in [6, 6.07) is 5.80. The Labute approximate surface area is 133 Å². The first-order valence-corrected chi connectivity index (χ1v) is 8.01. The highest BCUT2D eigenvalue weighted by Gasteiger charge is 2.34. The highest BCUT2D eigenvalue weighted by atomic mass is 32.1. The molecule has 0 spiro atoms. The Hall–Kier alpha value is -2.08. The number of thiazole rings is 1. The van der Waals surface area contributed by atoms with Gasteiger partial charge in [0.1, 0.15) is 5.75 Å². The van der Waals surface area contributed by atoms with Gasteiger partial charge in [0.25, 0.3) is 5.91 Å². The summed E-state index contributed by atoms with van der Waals surface area (Å²) in [7, 11) is 1.78. The predicted octanol–water partition coefficient (Wildman–Crippen LogP) is 3.08. The molecule has 5 nitrogen and oxygen atoms in total. The van der Waals surface area contributed by atoms with Crippen molar-refractivity contribution < 1.29 is 9.53 Å². The average molecular weight is 317 g/mol.